The molecule has 2 fully saturated rings. The van der Waals surface area contributed by atoms with Gasteiger partial charge in [0.05, 0.1) is 12.2 Å². The van der Waals surface area contributed by atoms with Gasteiger partial charge in [-0.3, -0.25) is 0 Å². The van der Waals surface area contributed by atoms with E-state index in [1.807, 2.05) is 0 Å². The third-order valence-electron chi connectivity index (χ3n) is 2.36. The Hall–Kier alpha value is -0.0800. The molecule has 0 aromatic carbocycles. The summed E-state index contributed by atoms with van der Waals surface area (Å²) >= 11 is 0. The van der Waals surface area contributed by atoms with Gasteiger partial charge in [0.2, 0.25) is 0 Å². The fraction of sp³-hybridized carbons (Fsp3) is 1.00. The first-order chi connectivity index (χ1) is 4.17. The predicted molar refractivity (Wildman–Crippen MR) is 35.1 cm³/mol. The molecule has 1 heterocycles. The summed E-state index contributed by atoms with van der Waals surface area (Å²) in [5, 5.41) is 0. The lowest BCUT2D eigenvalue weighted by Gasteiger charge is -2.26. The summed E-state index contributed by atoms with van der Waals surface area (Å²) in [6.45, 7) is 2.12. The zero-order chi connectivity index (χ0) is 6.48. The molecule has 0 spiro atoms. The zero-order valence-corrected chi connectivity index (χ0v) is 5.76. The molecular formula is C7H13NO. The highest BCUT2D eigenvalue weighted by molar-refractivity contribution is 4.99. The summed E-state index contributed by atoms with van der Waals surface area (Å²) < 4.78 is 5.33. The lowest BCUT2D eigenvalue weighted by atomic mass is 9.84. The number of hydrogen-bond donors (Lipinski definition) is 1. The van der Waals surface area contributed by atoms with E-state index in [4.69, 9.17) is 10.5 Å². The van der Waals surface area contributed by atoms with Crippen molar-refractivity contribution in [3.8, 4) is 0 Å². The van der Waals surface area contributed by atoms with Crippen molar-refractivity contribution in [3.05, 3.63) is 0 Å². The molecule has 0 aromatic heterocycles. The van der Waals surface area contributed by atoms with Gasteiger partial charge >= 0.3 is 0 Å². The average Bonchev–Trinajstić information content (AvgIpc) is 2.41. The van der Waals surface area contributed by atoms with Gasteiger partial charge in [0.1, 0.15) is 0 Å². The number of nitrogens with two attached hydrogens (primary N) is 1. The van der Waals surface area contributed by atoms with Crippen LogP contribution in [0.15, 0.2) is 0 Å². The predicted octanol–water partition coefficient (Wildman–Crippen LogP) is 0.655. The molecule has 3 atom stereocenters. The molecule has 0 bridgehead atoms. The van der Waals surface area contributed by atoms with E-state index in [0.717, 1.165) is 12.8 Å². The molecule has 1 saturated carbocycles. The van der Waals surface area contributed by atoms with Crippen molar-refractivity contribution in [2.75, 3.05) is 0 Å². The molecule has 0 radical (unpaired) electrons. The third-order valence-corrected chi connectivity index (χ3v) is 2.36. The minimum absolute atomic E-state index is 0.0671. The molecule has 9 heavy (non-hydrogen) atoms. The van der Waals surface area contributed by atoms with Gasteiger partial charge in [0.15, 0.2) is 0 Å². The topological polar surface area (TPSA) is 38.5 Å². The highest BCUT2D eigenvalue weighted by Crippen LogP contribution is 2.39. The van der Waals surface area contributed by atoms with Gasteiger partial charge in [-0.25, -0.2) is 0 Å². The highest BCUT2D eigenvalue weighted by Gasteiger charge is 2.46. The van der Waals surface area contributed by atoms with Crippen molar-refractivity contribution in [3.63, 3.8) is 0 Å². The van der Waals surface area contributed by atoms with Crippen LogP contribution in [0.3, 0.4) is 0 Å². The van der Waals surface area contributed by atoms with Crippen LogP contribution in [0.5, 0.6) is 0 Å². The summed E-state index contributed by atoms with van der Waals surface area (Å²) in [6, 6.07) is 0. The van der Waals surface area contributed by atoms with Crippen LogP contribution in [0.1, 0.15) is 26.2 Å². The van der Waals surface area contributed by atoms with E-state index in [1.54, 1.807) is 0 Å². The van der Waals surface area contributed by atoms with Gasteiger partial charge in [-0.1, -0.05) is 0 Å². The lowest BCUT2D eigenvalue weighted by molar-refractivity contribution is 0.340. The first kappa shape index (κ1) is 5.69. The van der Waals surface area contributed by atoms with E-state index >= 15 is 0 Å². The Morgan fingerprint density at radius 2 is 2.33 bits per heavy atom. The third kappa shape index (κ3) is 0.970. The van der Waals surface area contributed by atoms with Crippen LogP contribution in [0.2, 0.25) is 0 Å². The number of ether oxygens (including phenoxy) is 1. The minimum atomic E-state index is 0.0671. The van der Waals surface area contributed by atoms with Crippen LogP contribution in [0.4, 0.5) is 0 Å². The van der Waals surface area contributed by atoms with Crippen molar-refractivity contribution < 1.29 is 4.74 Å². The molecule has 2 N–H and O–H groups in total. The fourth-order valence-electron chi connectivity index (χ4n) is 1.65. The second kappa shape index (κ2) is 1.50. The minimum Gasteiger partial charge on any atom is -0.370 e. The Kier molecular flexibility index (Phi) is 0.945. The van der Waals surface area contributed by atoms with E-state index in [1.165, 1.54) is 6.42 Å². The van der Waals surface area contributed by atoms with E-state index in [0.29, 0.717) is 12.2 Å². The standard InChI is InChI=1S/C7H13NO/c1-7(8)3-2-5-6(4-7)9-5/h5-6H,2-4,8H2,1H3. The van der Waals surface area contributed by atoms with Gasteiger partial charge < -0.3 is 10.5 Å². The van der Waals surface area contributed by atoms with Gasteiger partial charge in [-0.05, 0) is 26.2 Å². The molecule has 52 valence electrons. The molecule has 1 aliphatic heterocycles. The van der Waals surface area contributed by atoms with Crippen molar-refractivity contribution in [2.45, 2.75) is 43.9 Å². The van der Waals surface area contributed by atoms with Gasteiger partial charge in [-0.2, -0.15) is 0 Å². The molecule has 2 nitrogen and oxygen atoms in total. The summed E-state index contributed by atoms with van der Waals surface area (Å²) in [6.07, 6.45) is 4.49. The molecule has 3 unspecified atom stereocenters. The van der Waals surface area contributed by atoms with Crippen LogP contribution in [0, 0.1) is 0 Å². The Bertz CT molecular complexity index is 133. The van der Waals surface area contributed by atoms with Crippen LogP contribution < -0.4 is 5.73 Å². The second-order valence-electron chi connectivity index (χ2n) is 3.61. The summed E-state index contributed by atoms with van der Waals surface area (Å²) in [5.41, 5.74) is 5.98. The number of epoxide rings is 1. The van der Waals surface area contributed by atoms with Crippen molar-refractivity contribution in [1.82, 2.24) is 0 Å². The molecule has 0 amide bonds. The van der Waals surface area contributed by atoms with E-state index in [9.17, 15) is 0 Å². The molecule has 0 aromatic rings. The van der Waals surface area contributed by atoms with Gasteiger partial charge in [0, 0.05) is 5.54 Å². The normalized spacial score (nSPS) is 56.7. The van der Waals surface area contributed by atoms with E-state index < -0.39 is 0 Å². The number of hydrogen-bond acceptors (Lipinski definition) is 2. The molecule has 2 rings (SSSR count). The summed E-state index contributed by atoms with van der Waals surface area (Å²) in [4.78, 5) is 0. The molecule has 2 heteroatoms. The Labute approximate surface area is 55.4 Å². The van der Waals surface area contributed by atoms with Crippen LogP contribution in [0.25, 0.3) is 0 Å². The van der Waals surface area contributed by atoms with E-state index in [-0.39, 0.29) is 5.54 Å². The summed E-state index contributed by atoms with van der Waals surface area (Å²) in [5.74, 6) is 0. The van der Waals surface area contributed by atoms with Gasteiger partial charge in [-0.15, -0.1) is 0 Å². The Balaban J connectivity index is 2.01. The zero-order valence-electron chi connectivity index (χ0n) is 5.76. The number of rotatable bonds is 0. The number of fused-ring (bicyclic) bond motifs is 1. The maximum absolute atomic E-state index is 5.91. The van der Waals surface area contributed by atoms with Crippen LogP contribution in [-0.2, 0) is 4.74 Å². The van der Waals surface area contributed by atoms with Crippen molar-refractivity contribution in [1.29, 1.82) is 0 Å². The summed E-state index contributed by atoms with van der Waals surface area (Å²) in [7, 11) is 0. The highest BCUT2D eigenvalue weighted by atomic mass is 16.6. The first-order valence-electron chi connectivity index (χ1n) is 3.62. The van der Waals surface area contributed by atoms with Gasteiger partial charge in [0.25, 0.3) is 0 Å². The Morgan fingerprint density at radius 1 is 1.56 bits per heavy atom. The maximum Gasteiger partial charge on any atom is 0.0859 e. The molecular weight excluding hydrogens is 114 g/mol. The fourth-order valence-corrected chi connectivity index (χ4v) is 1.65. The average molecular weight is 127 g/mol. The largest absolute Gasteiger partial charge is 0.370 e. The first-order valence-corrected chi connectivity index (χ1v) is 3.62. The van der Waals surface area contributed by atoms with E-state index in [2.05, 4.69) is 6.92 Å². The van der Waals surface area contributed by atoms with Crippen molar-refractivity contribution in [2.24, 2.45) is 5.73 Å². The van der Waals surface area contributed by atoms with Crippen LogP contribution >= 0.6 is 0 Å². The second-order valence-corrected chi connectivity index (χ2v) is 3.61. The maximum atomic E-state index is 5.91. The smallest absolute Gasteiger partial charge is 0.0859 e. The monoisotopic (exact) mass is 127 g/mol. The molecule has 2 aliphatic rings. The van der Waals surface area contributed by atoms with Crippen molar-refractivity contribution >= 4 is 0 Å². The van der Waals surface area contributed by atoms with Crippen LogP contribution in [-0.4, -0.2) is 17.7 Å². The molecule has 1 saturated heterocycles. The quantitative estimate of drug-likeness (QED) is 0.485. The SMILES string of the molecule is CC1(N)CCC2OC2C1. The lowest BCUT2D eigenvalue weighted by Crippen LogP contribution is -2.40. The Morgan fingerprint density at radius 3 is 2.89 bits per heavy atom. The molecule has 1 aliphatic carbocycles.